The van der Waals surface area contributed by atoms with Crippen LogP contribution < -0.4 is 10.6 Å². The zero-order valence-corrected chi connectivity index (χ0v) is 10.6. The van der Waals surface area contributed by atoms with Crippen LogP contribution in [0.1, 0.15) is 41.0 Å². The lowest BCUT2D eigenvalue weighted by atomic mass is 9.87. The average molecular weight is 230 g/mol. The van der Waals surface area contributed by atoms with Gasteiger partial charge in [0.1, 0.15) is 6.04 Å². The molecule has 0 aliphatic carbocycles. The van der Waals surface area contributed by atoms with Crippen LogP contribution in [0.3, 0.4) is 0 Å². The smallest absolute Gasteiger partial charge is 0.326 e. The summed E-state index contributed by atoms with van der Waals surface area (Å²) in [6, 6.07) is -1.29. The number of nitrogens with one attached hydrogen (secondary N) is 2. The van der Waals surface area contributed by atoms with Gasteiger partial charge in [0.05, 0.1) is 0 Å². The van der Waals surface area contributed by atoms with Gasteiger partial charge in [-0.15, -0.1) is 0 Å². The lowest BCUT2D eigenvalue weighted by Crippen LogP contribution is -2.53. The molecule has 0 bridgehead atoms. The molecule has 0 aromatic heterocycles. The second-order valence-corrected chi connectivity index (χ2v) is 5.06. The molecule has 0 aromatic carbocycles. The van der Waals surface area contributed by atoms with Gasteiger partial charge < -0.3 is 15.7 Å². The zero-order chi connectivity index (χ0) is 12.9. The van der Waals surface area contributed by atoms with Crippen LogP contribution in [0.25, 0.3) is 0 Å². The molecule has 2 unspecified atom stereocenters. The number of hydrogen-bond donors (Lipinski definition) is 3. The third kappa shape index (κ3) is 5.00. The maximum Gasteiger partial charge on any atom is 0.326 e. The van der Waals surface area contributed by atoms with Gasteiger partial charge in [0.15, 0.2) is 0 Å². The van der Waals surface area contributed by atoms with Gasteiger partial charge in [-0.05, 0) is 18.8 Å². The van der Waals surface area contributed by atoms with Crippen LogP contribution in [0, 0.1) is 5.41 Å². The summed E-state index contributed by atoms with van der Waals surface area (Å²) in [6.45, 7) is 9.13. The molecule has 0 aliphatic heterocycles. The first-order chi connectivity index (χ1) is 7.18. The predicted octanol–water partition coefficient (Wildman–Crippen LogP) is 1.58. The highest BCUT2D eigenvalue weighted by atomic mass is 16.4. The highest BCUT2D eigenvalue weighted by Gasteiger charge is 2.32. The Hall–Kier alpha value is -1.26. The molecule has 3 N–H and O–H groups in total. The van der Waals surface area contributed by atoms with E-state index < -0.39 is 23.5 Å². The maximum absolute atomic E-state index is 11.5. The Bertz CT molecular complexity index is 258. The first-order valence-electron chi connectivity index (χ1n) is 5.48. The number of carboxylic acids is 1. The average Bonchev–Trinajstić information content (AvgIpc) is 2.11. The van der Waals surface area contributed by atoms with E-state index in [1.165, 1.54) is 0 Å². The van der Waals surface area contributed by atoms with Crippen molar-refractivity contribution >= 4 is 12.0 Å². The van der Waals surface area contributed by atoms with E-state index in [4.69, 9.17) is 5.11 Å². The van der Waals surface area contributed by atoms with Crippen molar-refractivity contribution in [2.75, 3.05) is 0 Å². The van der Waals surface area contributed by atoms with Crippen LogP contribution in [0.15, 0.2) is 0 Å². The molecule has 2 atom stereocenters. The highest BCUT2D eigenvalue weighted by Crippen LogP contribution is 2.19. The summed E-state index contributed by atoms with van der Waals surface area (Å²) in [5, 5.41) is 14.2. The van der Waals surface area contributed by atoms with E-state index in [-0.39, 0.29) is 6.04 Å². The minimum atomic E-state index is -1.02. The fourth-order valence-corrected chi connectivity index (χ4v) is 1.15. The molecule has 2 amide bonds. The monoisotopic (exact) mass is 230 g/mol. The molecular formula is C11H22N2O3. The fourth-order valence-electron chi connectivity index (χ4n) is 1.15. The summed E-state index contributed by atoms with van der Waals surface area (Å²) < 4.78 is 0. The van der Waals surface area contributed by atoms with Crippen LogP contribution in [0.4, 0.5) is 4.79 Å². The van der Waals surface area contributed by atoms with E-state index in [1.54, 1.807) is 20.8 Å². The number of carbonyl (C=O) groups excluding carboxylic acids is 1. The van der Waals surface area contributed by atoms with Crippen molar-refractivity contribution < 1.29 is 14.7 Å². The number of amides is 2. The quantitative estimate of drug-likeness (QED) is 0.686. The van der Waals surface area contributed by atoms with Crippen LogP contribution >= 0.6 is 0 Å². The number of hydrogen-bond acceptors (Lipinski definition) is 2. The van der Waals surface area contributed by atoms with E-state index in [2.05, 4.69) is 10.6 Å². The summed E-state index contributed by atoms with van der Waals surface area (Å²) >= 11 is 0. The minimum Gasteiger partial charge on any atom is -0.480 e. The van der Waals surface area contributed by atoms with Crippen LogP contribution in [0.5, 0.6) is 0 Å². The first-order valence-corrected chi connectivity index (χ1v) is 5.48. The van der Waals surface area contributed by atoms with Crippen molar-refractivity contribution in [1.82, 2.24) is 10.6 Å². The van der Waals surface area contributed by atoms with Gasteiger partial charge in [0, 0.05) is 6.04 Å². The summed E-state index contributed by atoms with van der Waals surface area (Å²) in [5.41, 5.74) is -0.515. The van der Waals surface area contributed by atoms with Crippen molar-refractivity contribution in [3.8, 4) is 0 Å². The minimum absolute atomic E-state index is 0.0365. The van der Waals surface area contributed by atoms with Gasteiger partial charge in [0.2, 0.25) is 0 Å². The summed E-state index contributed by atoms with van der Waals surface area (Å²) in [4.78, 5) is 22.5. The molecule has 0 fully saturated rings. The van der Waals surface area contributed by atoms with Gasteiger partial charge in [-0.2, -0.15) is 0 Å². The SMILES string of the molecule is CCC(C)NC(=O)NC(C(=O)O)C(C)(C)C. The van der Waals surface area contributed by atoms with Crippen molar-refractivity contribution in [2.24, 2.45) is 5.41 Å². The van der Waals surface area contributed by atoms with Gasteiger partial charge in [-0.3, -0.25) is 0 Å². The maximum atomic E-state index is 11.5. The molecule has 0 saturated carbocycles. The molecule has 94 valence electrons. The third-order valence-corrected chi connectivity index (χ3v) is 2.38. The molecule has 5 heteroatoms. The summed E-state index contributed by atoms with van der Waals surface area (Å²) in [6.07, 6.45) is 0.806. The second kappa shape index (κ2) is 5.72. The normalized spacial score (nSPS) is 15.1. The van der Waals surface area contributed by atoms with Gasteiger partial charge in [-0.1, -0.05) is 27.7 Å². The van der Waals surface area contributed by atoms with E-state index in [1.807, 2.05) is 13.8 Å². The highest BCUT2D eigenvalue weighted by molar-refractivity contribution is 5.83. The van der Waals surface area contributed by atoms with E-state index in [0.29, 0.717) is 0 Å². The van der Waals surface area contributed by atoms with Crippen molar-refractivity contribution in [1.29, 1.82) is 0 Å². The summed E-state index contributed by atoms with van der Waals surface area (Å²) in [5.74, 6) is -1.02. The molecular weight excluding hydrogens is 208 g/mol. The number of carbonyl (C=O) groups is 2. The second-order valence-electron chi connectivity index (χ2n) is 5.06. The summed E-state index contributed by atoms with van der Waals surface area (Å²) in [7, 11) is 0. The van der Waals surface area contributed by atoms with Crippen LogP contribution in [0.2, 0.25) is 0 Å². The number of aliphatic carboxylic acids is 1. The van der Waals surface area contributed by atoms with E-state index in [0.717, 1.165) is 6.42 Å². The standard InChI is InChI=1S/C11H22N2O3/c1-6-7(2)12-10(16)13-8(9(14)15)11(3,4)5/h7-8H,6H2,1-5H3,(H,14,15)(H2,12,13,16). The van der Waals surface area contributed by atoms with E-state index >= 15 is 0 Å². The molecule has 0 aromatic rings. The predicted molar refractivity (Wildman–Crippen MR) is 62.3 cm³/mol. The Morgan fingerprint density at radius 1 is 1.25 bits per heavy atom. The third-order valence-electron chi connectivity index (χ3n) is 2.38. The lowest BCUT2D eigenvalue weighted by Gasteiger charge is -2.28. The molecule has 0 heterocycles. The molecule has 0 saturated heterocycles. The molecule has 0 spiro atoms. The van der Waals surface area contributed by atoms with Gasteiger partial charge >= 0.3 is 12.0 Å². The van der Waals surface area contributed by atoms with Crippen molar-refractivity contribution in [3.63, 3.8) is 0 Å². The van der Waals surface area contributed by atoms with Crippen LogP contribution in [-0.4, -0.2) is 29.2 Å². The Balaban J connectivity index is 4.43. The lowest BCUT2D eigenvalue weighted by molar-refractivity contribution is -0.141. The van der Waals surface area contributed by atoms with E-state index in [9.17, 15) is 9.59 Å². The Morgan fingerprint density at radius 3 is 2.06 bits per heavy atom. The molecule has 16 heavy (non-hydrogen) atoms. The molecule has 0 radical (unpaired) electrons. The van der Waals surface area contributed by atoms with Gasteiger partial charge in [0.25, 0.3) is 0 Å². The fraction of sp³-hybridized carbons (Fsp3) is 0.818. The van der Waals surface area contributed by atoms with Gasteiger partial charge in [-0.25, -0.2) is 9.59 Å². The number of carboxylic acid groups (broad SMARTS) is 1. The Kier molecular flexibility index (Phi) is 5.27. The number of rotatable bonds is 4. The largest absolute Gasteiger partial charge is 0.480 e. The van der Waals surface area contributed by atoms with Crippen molar-refractivity contribution in [2.45, 2.75) is 53.1 Å². The van der Waals surface area contributed by atoms with Crippen molar-refractivity contribution in [3.05, 3.63) is 0 Å². The molecule has 0 rings (SSSR count). The topological polar surface area (TPSA) is 78.4 Å². The van der Waals surface area contributed by atoms with Crippen LogP contribution in [-0.2, 0) is 4.79 Å². The molecule has 0 aliphatic rings. The molecule has 5 nitrogen and oxygen atoms in total. The Labute approximate surface area is 96.6 Å². The number of urea groups is 1. The Morgan fingerprint density at radius 2 is 1.75 bits per heavy atom. The first kappa shape index (κ1) is 14.7. The zero-order valence-electron chi connectivity index (χ0n) is 10.6.